The highest BCUT2D eigenvalue weighted by molar-refractivity contribution is 7.18. The molecule has 10 heteroatoms. The van der Waals surface area contributed by atoms with Crippen molar-refractivity contribution in [1.82, 2.24) is 15.2 Å². The lowest BCUT2D eigenvalue weighted by Crippen LogP contribution is -2.24. The molecule has 2 aromatic heterocycles. The molecule has 2 atom stereocenters. The van der Waals surface area contributed by atoms with Gasteiger partial charge in [-0.1, -0.05) is 41.7 Å². The van der Waals surface area contributed by atoms with Crippen LogP contribution in [0, 0.1) is 0 Å². The molecule has 2 unspecified atom stereocenters. The van der Waals surface area contributed by atoms with E-state index in [1.54, 1.807) is 30.6 Å². The number of nitrogens with zero attached hydrogens (tertiary/aromatic N) is 3. The molecule has 0 spiro atoms. The minimum absolute atomic E-state index is 0.197. The van der Waals surface area contributed by atoms with Crippen LogP contribution in [0.3, 0.4) is 0 Å². The molecular formula is C29H30N4O5S. The van der Waals surface area contributed by atoms with Gasteiger partial charge in [0.15, 0.2) is 17.8 Å². The maximum atomic E-state index is 13.1. The summed E-state index contributed by atoms with van der Waals surface area (Å²) < 4.78 is 23.7. The Morgan fingerprint density at radius 2 is 1.90 bits per heavy atom. The monoisotopic (exact) mass is 546 g/mol. The summed E-state index contributed by atoms with van der Waals surface area (Å²) in [4.78, 5) is 17.1. The number of carbonyl (C=O) groups is 1. The van der Waals surface area contributed by atoms with Gasteiger partial charge < -0.3 is 18.9 Å². The van der Waals surface area contributed by atoms with Gasteiger partial charge in [-0.2, -0.15) is 0 Å². The average Bonchev–Trinajstić information content (AvgIpc) is 3.46. The summed E-state index contributed by atoms with van der Waals surface area (Å²) in [6, 6.07) is 18.7. The highest BCUT2D eigenvalue weighted by atomic mass is 32.1. The zero-order chi connectivity index (χ0) is 26.9. The van der Waals surface area contributed by atoms with Gasteiger partial charge in [0, 0.05) is 30.1 Å². The molecule has 39 heavy (non-hydrogen) atoms. The summed E-state index contributed by atoms with van der Waals surface area (Å²) in [6.45, 7) is 3.33. The van der Waals surface area contributed by atoms with Gasteiger partial charge in [0.1, 0.15) is 17.7 Å². The van der Waals surface area contributed by atoms with Crippen LogP contribution in [0.1, 0.15) is 48.2 Å². The molecule has 0 bridgehead atoms. The third kappa shape index (κ3) is 7.38. The van der Waals surface area contributed by atoms with E-state index in [0.717, 1.165) is 37.0 Å². The second-order valence-electron chi connectivity index (χ2n) is 8.95. The first-order chi connectivity index (χ1) is 19.2. The van der Waals surface area contributed by atoms with E-state index in [1.807, 2.05) is 49.4 Å². The third-order valence-electron chi connectivity index (χ3n) is 6.13. The Bertz CT molecular complexity index is 1350. The fraction of sp³-hybridized carbons (Fsp3) is 0.310. The summed E-state index contributed by atoms with van der Waals surface area (Å²) in [5, 5.41) is 12.2. The fourth-order valence-electron chi connectivity index (χ4n) is 4.07. The molecule has 202 valence electrons. The van der Waals surface area contributed by atoms with E-state index in [2.05, 4.69) is 20.5 Å². The minimum Gasteiger partial charge on any atom is -0.487 e. The number of carbonyl (C=O) groups excluding carboxylic acids is 1. The zero-order valence-corrected chi connectivity index (χ0v) is 22.4. The summed E-state index contributed by atoms with van der Waals surface area (Å²) >= 11 is 1.29. The van der Waals surface area contributed by atoms with Crippen LogP contribution in [0.15, 0.2) is 73.1 Å². The van der Waals surface area contributed by atoms with Crippen molar-refractivity contribution in [3.63, 3.8) is 0 Å². The molecule has 0 radical (unpaired) electrons. The summed E-state index contributed by atoms with van der Waals surface area (Å²) in [6.07, 6.45) is 6.00. The number of amides is 1. The molecular weight excluding hydrogens is 516 g/mol. The molecule has 2 aromatic carbocycles. The molecule has 0 aliphatic carbocycles. The van der Waals surface area contributed by atoms with Crippen molar-refractivity contribution >= 4 is 22.4 Å². The Balaban J connectivity index is 1.28. The zero-order valence-electron chi connectivity index (χ0n) is 21.6. The van der Waals surface area contributed by atoms with Gasteiger partial charge in [0.25, 0.3) is 5.91 Å². The maximum Gasteiger partial charge on any atom is 0.257 e. The average molecular weight is 547 g/mol. The van der Waals surface area contributed by atoms with Gasteiger partial charge in [-0.05, 0) is 62.1 Å². The van der Waals surface area contributed by atoms with E-state index >= 15 is 0 Å². The van der Waals surface area contributed by atoms with Crippen molar-refractivity contribution in [2.75, 3.05) is 25.1 Å². The molecule has 1 N–H and O–H groups in total. The van der Waals surface area contributed by atoms with Crippen molar-refractivity contribution in [1.29, 1.82) is 0 Å². The van der Waals surface area contributed by atoms with Gasteiger partial charge in [-0.15, -0.1) is 10.2 Å². The molecule has 1 aliphatic heterocycles. The van der Waals surface area contributed by atoms with Gasteiger partial charge in [-0.3, -0.25) is 15.1 Å². The predicted octanol–water partition coefficient (Wildman–Crippen LogP) is 5.91. The highest BCUT2D eigenvalue weighted by Crippen LogP contribution is 2.33. The first-order valence-corrected chi connectivity index (χ1v) is 13.7. The lowest BCUT2D eigenvalue weighted by molar-refractivity contribution is -0.165. The lowest BCUT2D eigenvalue weighted by atomic mass is 10.1. The van der Waals surface area contributed by atoms with Crippen molar-refractivity contribution in [2.24, 2.45) is 0 Å². The molecule has 3 heterocycles. The molecule has 1 fully saturated rings. The van der Waals surface area contributed by atoms with Crippen LogP contribution in [0.4, 0.5) is 5.13 Å². The fourth-order valence-corrected chi connectivity index (χ4v) is 4.81. The molecule has 9 nitrogen and oxygen atoms in total. The number of hydrogen-bond acceptors (Lipinski definition) is 9. The third-order valence-corrected chi connectivity index (χ3v) is 7.02. The first-order valence-electron chi connectivity index (χ1n) is 12.9. The van der Waals surface area contributed by atoms with Gasteiger partial charge in [0.2, 0.25) is 5.13 Å². The second kappa shape index (κ2) is 13.3. The highest BCUT2D eigenvalue weighted by Gasteiger charge is 2.18. The van der Waals surface area contributed by atoms with E-state index in [-0.39, 0.29) is 24.9 Å². The summed E-state index contributed by atoms with van der Waals surface area (Å²) in [5.41, 5.74) is 2.32. The SMILES string of the molecule is CC(Oc1ccc(C(=O)Nc2nnc(-c3ccncc3)s2)cc1OCCOC1CCCCO1)c1ccccc1. The largest absolute Gasteiger partial charge is 0.487 e. The topological polar surface area (TPSA) is 105 Å². The Morgan fingerprint density at radius 3 is 2.69 bits per heavy atom. The van der Waals surface area contributed by atoms with Crippen LogP contribution in [0.2, 0.25) is 0 Å². The van der Waals surface area contributed by atoms with Crippen molar-refractivity contribution in [3.8, 4) is 22.1 Å². The number of hydrogen-bond donors (Lipinski definition) is 1. The Labute approximate surface area is 231 Å². The summed E-state index contributed by atoms with van der Waals surface area (Å²) in [5.74, 6) is 0.660. The predicted molar refractivity (Wildman–Crippen MR) is 148 cm³/mol. The standard InChI is InChI=1S/C29H30N4O5S/c1-20(21-7-3-2-4-8-21)38-24-11-10-23(19-25(24)35-17-18-37-26-9-5-6-16-36-26)27(34)31-29-33-32-28(39-29)22-12-14-30-15-13-22/h2-4,7-8,10-15,19-20,26H,5-6,9,16-18H2,1H3,(H,31,33,34). The Hall–Kier alpha value is -3.86. The minimum atomic E-state index is -0.327. The molecule has 5 rings (SSSR count). The van der Waals surface area contributed by atoms with Gasteiger partial charge in [0.05, 0.1) is 6.61 Å². The van der Waals surface area contributed by atoms with E-state index < -0.39 is 0 Å². The van der Waals surface area contributed by atoms with Crippen LogP contribution in [0.25, 0.3) is 10.6 Å². The van der Waals surface area contributed by atoms with Crippen LogP contribution in [-0.4, -0.2) is 47.2 Å². The van der Waals surface area contributed by atoms with Crippen molar-refractivity contribution < 1.29 is 23.7 Å². The molecule has 1 amide bonds. The molecule has 1 saturated heterocycles. The number of ether oxygens (including phenoxy) is 4. The van der Waals surface area contributed by atoms with E-state index in [1.165, 1.54) is 11.3 Å². The number of nitrogens with one attached hydrogen (secondary N) is 1. The van der Waals surface area contributed by atoms with E-state index in [0.29, 0.717) is 33.8 Å². The number of aromatic nitrogens is 3. The lowest BCUT2D eigenvalue weighted by Gasteiger charge is -2.23. The van der Waals surface area contributed by atoms with Crippen LogP contribution < -0.4 is 14.8 Å². The molecule has 4 aromatic rings. The smallest absolute Gasteiger partial charge is 0.257 e. The number of benzene rings is 2. The van der Waals surface area contributed by atoms with Gasteiger partial charge >= 0.3 is 0 Å². The van der Waals surface area contributed by atoms with Gasteiger partial charge in [-0.25, -0.2) is 0 Å². The molecule has 0 saturated carbocycles. The second-order valence-corrected chi connectivity index (χ2v) is 9.93. The summed E-state index contributed by atoms with van der Waals surface area (Å²) in [7, 11) is 0. The normalized spacial score (nSPS) is 15.9. The number of anilines is 1. The Kier molecular flexibility index (Phi) is 9.10. The number of pyridine rings is 1. The Morgan fingerprint density at radius 1 is 1.05 bits per heavy atom. The van der Waals surface area contributed by atoms with E-state index in [9.17, 15) is 4.79 Å². The van der Waals surface area contributed by atoms with Crippen molar-refractivity contribution in [2.45, 2.75) is 38.6 Å². The van der Waals surface area contributed by atoms with Crippen LogP contribution in [0.5, 0.6) is 11.5 Å². The molecule has 1 aliphatic rings. The number of rotatable bonds is 11. The maximum absolute atomic E-state index is 13.1. The van der Waals surface area contributed by atoms with E-state index in [4.69, 9.17) is 18.9 Å². The van der Waals surface area contributed by atoms with Crippen LogP contribution in [-0.2, 0) is 9.47 Å². The van der Waals surface area contributed by atoms with Crippen molar-refractivity contribution in [3.05, 3.63) is 84.2 Å². The van der Waals surface area contributed by atoms with Crippen LogP contribution >= 0.6 is 11.3 Å². The quantitative estimate of drug-likeness (QED) is 0.231. The first kappa shape index (κ1) is 26.7.